The second-order valence-corrected chi connectivity index (χ2v) is 7.71. The number of amides is 2. The highest BCUT2D eigenvalue weighted by molar-refractivity contribution is 5.99. The number of nitrogens with zero attached hydrogens (tertiary/aromatic N) is 1. The van der Waals surface area contributed by atoms with Crippen molar-refractivity contribution >= 4 is 22.8 Å². The number of benzene rings is 2. The van der Waals surface area contributed by atoms with Crippen LogP contribution in [0, 0.1) is 5.92 Å². The summed E-state index contributed by atoms with van der Waals surface area (Å²) in [6.07, 6.45) is 0.983. The number of aromatic amines is 1. The summed E-state index contributed by atoms with van der Waals surface area (Å²) in [6, 6.07) is 14.8. The zero-order valence-corrected chi connectivity index (χ0v) is 16.0. The van der Waals surface area contributed by atoms with Crippen molar-refractivity contribution in [1.82, 2.24) is 20.6 Å². The molecule has 144 valence electrons. The highest BCUT2D eigenvalue weighted by Gasteiger charge is 2.30. The van der Waals surface area contributed by atoms with Gasteiger partial charge in [-0.25, -0.2) is 4.98 Å². The molecule has 0 bridgehead atoms. The lowest BCUT2D eigenvalue weighted by Gasteiger charge is -2.20. The molecule has 1 aromatic heterocycles. The number of hydrogen-bond acceptors (Lipinski definition) is 3. The molecule has 0 aliphatic carbocycles. The molecule has 3 aromatic rings. The number of fused-ring (bicyclic) bond motifs is 2. The second-order valence-electron chi connectivity index (χ2n) is 7.71. The van der Waals surface area contributed by atoms with Gasteiger partial charge in [0.15, 0.2) is 0 Å². The lowest BCUT2D eigenvalue weighted by molar-refractivity contribution is -0.122. The van der Waals surface area contributed by atoms with Gasteiger partial charge < -0.3 is 15.6 Å². The molecule has 0 saturated carbocycles. The molecular weight excluding hydrogens is 352 g/mol. The minimum absolute atomic E-state index is 0.104. The highest BCUT2D eigenvalue weighted by Crippen LogP contribution is 2.28. The van der Waals surface area contributed by atoms with E-state index >= 15 is 0 Å². The Morgan fingerprint density at radius 2 is 1.89 bits per heavy atom. The molecule has 2 aromatic carbocycles. The van der Waals surface area contributed by atoms with Crippen molar-refractivity contribution in [3.05, 3.63) is 65.5 Å². The van der Waals surface area contributed by atoms with Crippen LogP contribution >= 0.6 is 0 Å². The first kappa shape index (κ1) is 18.2. The molecule has 4 rings (SSSR count). The van der Waals surface area contributed by atoms with Crippen molar-refractivity contribution < 1.29 is 9.59 Å². The van der Waals surface area contributed by atoms with Crippen LogP contribution in [0.15, 0.2) is 48.5 Å². The predicted molar refractivity (Wildman–Crippen MR) is 108 cm³/mol. The third-order valence-electron chi connectivity index (χ3n) is 5.06. The third-order valence-corrected chi connectivity index (χ3v) is 5.06. The van der Waals surface area contributed by atoms with E-state index in [-0.39, 0.29) is 30.3 Å². The van der Waals surface area contributed by atoms with Crippen molar-refractivity contribution in [2.24, 2.45) is 5.92 Å². The summed E-state index contributed by atoms with van der Waals surface area (Å²) in [6.45, 7) is 4.24. The van der Waals surface area contributed by atoms with Gasteiger partial charge in [0, 0.05) is 5.56 Å². The monoisotopic (exact) mass is 376 g/mol. The fraction of sp³-hybridized carbons (Fsp3) is 0.318. The van der Waals surface area contributed by atoms with Crippen LogP contribution in [0.3, 0.4) is 0 Å². The summed E-state index contributed by atoms with van der Waals surface area (Å²) >= 11 is 0. The van der Waals surface area contributed by atoms with E-state index in [2.05, 4.69) is 34.4 Å². The van der Waals surface area contributed by atoms with Crippen LogP contribution in [0.2, 0.25) is 0 Å². The molecule has 1 unspecified atom stereocenters. The summed E-state index contributed by atoms with van der Waals surface area (Å²) in [4.78, 5) is 32.9. The molecule has 2 heterocycles. The van der Waals surface area contributed by atoms with Gasteiger partial charge in [0.1, 0.15) is 5.82 Å². The Labute approximate surface area is 163 Å². The molecular formula is C22H24N4O2. The van der Waals surface area contributed by atoms with Crippen molar-refractivity contribution in [3.8, 4) is 0 Å². The van der Waals surface area contributed by atoms with E-state index in [0.717, 1.165) is 28.8 Å². The highest BCUT2D eigenvalue weighted by atomic mass is 16.2. The number of hydrogen-bond donors (Lipinski definition) is 3. The fourth-order valence-electron chi connectivity index (χ4n) is 3.77. The molecule has 0 spiro atoms. The zero-order chi connectivity index (χ0) is 19.7. The molecule has 3 N–H and O–H groups in total. The van der Waals surface area contributed by atoms with Crippen LogP contribution in [-0.4, -0.2) is 21.8 Å². The number of carbonyl (C=O) groups excluding carboxylic acids is 2. The van der Waals surface area contributed by atoms with E-state index < -0.39 is 0 Å². The maximum absolute atomic E-state index is 12.8. The summed E-state index contributed by atoms with van der Waals surface area (Å²) in [5, 5.41) is 6.02. The molecule has 1 aliphatic heterocycles. The quantitative estimate of drug-likeness (QED) is 0.614. The lowest BCUT2D eigenvalue weighted by atomic mass is 10.0. The van der Waals surface area contributed by atoms with Gasteiger partial charge in [0.2, 0.25) is 5.91 Å². The molecule has 28 heavy (non-hydrogen) atoms. The average molecular weight is 376 g/mol. The topological polar surface area (TPSA) is 86.9 Å². The molecule has 0 saturated heterocycles. The van der Waals surface area contributed by atoms with Gasteiger partial charge in [-0.05, 0) is 36.1 Å². The Kier molecular flexibility index (Phi) is 4.86. The minimum Gasteiger partial charge on any atom is -0.346 e. The largest absolute Gasteiger partial charge is 0.346 e. The normalized spacial score (nSPS) is 16.8. The lowest BCUT2D eigenvalue weighted by Crippen LogP contribution is -2.33. The number of rotatable bonds is 6. The first-order valence-electron chi connectivity index (χ1n) is 9.65. The maximum Gasteiger partial charge on any atom is 0.252 e. The maximum atomic E-state index is 12.8. The predicted octanol–water partition coefficient (Wildman–Crippen LogP) is 3.64. The SMILES string of the molecule is CC(C)C[C@@H](NC(=O)CC1NC(=O)c2ccccc21)c1nc2ccccc2[nH]1. The standard InChI is InChI=1S/C22H24N4O2/c1-13(2)11-19(21-24-16-9-5-6-10-17(16)25-21)23-20(27)12-18-14-7-3-4-8-15(14)22(28)26-18/h3-10,13,18-19H,11-12H2,1-2H3,(H,23,27)(H,24,25)(H,26,28)/t18?,19-/m1/s1. The number of imidazole rings is 1. The number of carbonyl (C=O) groups is 2. The van der Waals surface area contributed by atoms with E-state index in [9.17, 15) is 9.59 Å². The van der Waals surface area contributed by atoms with E-state index in [4.69, 9.17) is 0 Å². The first-order valence-corrected chi connectivity index (χ1v) is 9.65. The summed E-state index contributed by atoms with van der Waals surface area (Å²) < 4.78 is 0. The number of para-hydroxylation sites is 2. The average Bonchev–Trinajstić information content (AvgIpc) is 3.23. The van der Waals surface area contributed by atoms with Crippen LogP contribution in [0.5, 0.6) is 0 Å². The number of nitrogens with one attached hydrogen (secondary N) is 3. The van der Waals surface area contributed by atoms with Crippen LogP contribution in [0.1, 0.15) is 60.5 Å². The van der Waals surface area contributed by atoms with Gasteiger partial charge in [0.05, 0.1) is 29.5 Å². The van der Waals surface area contributed by atoms with Gasteiger partial charge in [-0.2, -0.15) is 0 Å². The Bertz CT molecular complexity index is 991. The van der Waals surface area contributed by atoms with Crippen LogP contribution in [-0.2, 0) is 4.79 Å². The van der Waals surface area contributed by atoms with E-state index in [1.807, 2.05) is 42.5 Å². The summed E-state index contributed by atoms with van der Waals surface area (Å²) in [7, 11) is 0. The Hall–Kier alpha value is -3.15. The van der Waals surface area contributed by atoms with Crippen LogP contribution in [0.25, 0.3) is 11.0 Å². The Morgan fingerprint density at radius 3 is 2.68 bits per heavy atom. The van der Waals surface area contributed by atoms with Gasteiger partial charge >= 0.3 is 0 Å². The van der Waals surface area contributed by atoms with E-state index in [0.29, 0.717) is 11.5 Å². The molecule has 0 radical (unpaired) electrons. The van der Waals surface area contributed by atoms with E-state index in [1.165, 1.54) is 0 Å². The summed E-state index contributed by atoms with van der Waals surface area (Å²) in [5.74, 6) is 0.932. The molecule has 0 fully saturated rings. The smallest absolute Gasteiger partial charge is 0.252 e. The van der Waals surface area contributed by atoms with E-state index in [1.54, 1.807) is 6.07 Å². The molecule has 2 atom stereocenters. The number of H-pyrrole nitrogens is 1. The molecule has 2 amide bonds. The third kappa shape index (κ3) is 3.63. The number of aromatic nitrogens is 2. The van der Waals surface area contributed by atoms with Gasteiger partial charge in [0.25, 0.3) is 5.91 Å². The van der Waals surface area contributed by atoms with Gasteiger partial charge in [-0.15, -0.1) is 0 Å². The minimum atomic E-state index is -0.293. The van der Waals surface area contributed by atoms with Gasteiger partial charge in [-0.1, -0.05) is 44.2 Å². The Balaban J connectivity index is 1.51. The van der Waals surface area contributed by atoms with Crippen molar-refractivity contribution in [1.29, 1.82) is 0 Å². The summed E-state index contributed by atoms with van der Waals surface area (Å²) in [5.41, 5.74) is 3.37. The van der Waals surface area contributed by atoms with Crippen molar-refractivity contribution in [3.63, 3.8) is 0 Å². The first-order chi connectivity index (χ1) is 13.5. The Morgan fingerprint density at radius 1 is 1.14 bits per heavy atom. The van der Waals surface area contributed by atoms with Crippen LogP contribution < -0.4 is 10.6 Å². The second kappa shape index (κ2) is 7.46. The van der Waals surface area contributed by atoms with Crippen molar-refractivity contribution in [2.75, 3.05) is 0 Å². The molecule has 1 aliphatic rings. The van der Waals surface area contributed by atoms with Crippen LogP contribution in [0.4, 0.5) is 0 Å². The zero-order valence-electron chi connectivity index (χ0n) is 16.0. The molecule has 6 heteroatoms. The van der Waals surface area contributed by atoms with Crippen molar-refractivity contribution in [2.45, 2.75) is 38.8 Å². The van der Waals surface area contributed by atoms with Gasteiger partial charge in [-0.3, -0.25) is 9.59 Å². The molecule has 6 nitrogen and oxygen atoms in total. The fourth-order valence-corrected chi connectivity index (χ4v) is 3.77.